The van der Waals surface area contributed by atoms with Crippen molar-refractivity contribution in [1.29, 1.82) is 0 Å². The molecule has 11 aliphatic rings. The lowest BCUT2D eigenvalue weighted by Crippen LogP contribution is -2.83. The predicted molar refractivity (Wildman–Crippen MR) is 201 cm³/mol. The second kappa shape index (κ2) is 11.1. The summed E-state index contributed by atoms with van der Waals surface area (Å²) in [6.07, 6.45) is 11.5. The van der Waals surface area contributed by atoms with Crippen LogP contribution in [-0.4, -0.2) is 94.1 Å². The van der Waals surface area contributed by atoms with Crippen LogP contribution in [0.15, 0.2) is 35.9 Å². The van der Waals surface area contributed by atoms with Gasteiger partial charge in [-0.25, -0.2) is 9.59 Å². The number of piperidine rings is 4. The van der Waals surface area contributed by atoms with E-state index in [1.807, 2.05) is 0 Å². The number of ether oxygens (including phenoxy) is 2. The molecule has 0 radical (unpaired) electrons. The molecule has 1 aromatic rings. The van der Waals surface area contributed by atoms with Crippen molar-refractivity contribution in [3.05, 3.63) is 41.5 Å². The molecule has 5 saturated carbocycles. The standard InChI is InChI=1S/C45H61N2O7/c1-5-27-28-20-34-39-44(32-8-6-7-9-33(32)46(39)4)21-35(38(28)40(44)50)47(34,41(27)51)22-37(49)54-26-12-15-42(2)25(19-26)10-11-31-30(42)13-16-43(3)29(14-17-45(31,43)52)24-18-36(48)53-23-24/h6-9,18,25-31,34-35,38-41,50-52H,5,10-17,19-23H2,1-4H3/q+1/t25-,26+,27+,28-,29-,30-,31-,34+,35+,38-,39+,40+,41-,42+,43-,44-,45+,47+/m1/s1. The van der Waals surface area contributed by atoms with Crippen LogP contribution in [0.2, 0.25) is 0 Å². The topological polar surface area (TPSA) is 117 Å². The number of cyclic esters (lactones) is 1. The molecule has 292 valence electrons. The Morgan fingerprint density at radius 3 is 2.61 bits per heavy atom. The van der Waals surface area contributed by atoms with Crippen molar-refractivity contribution in [2.75, 3.05) is 25.1 Å². The SMILES string of the molecule is CC[C@H]1[C@H]2C[C@H]3[C@@H]4N(C)c5ccccc5[C@]45C[C@@H]([C@@H]2[C@@H]5O)[N@@+]3(CC(=O)O[C@H]2CC[C@@]3(C)[C@H](CC[C@@H]4[C@H]3CC[C@]3(C)[C@@H](C5=CC(=O)OC5)CC[C@]43O)C2)[C@@H]1O. The Kier molecular flexibility index (Phi) is 7.17. The number of hydrogen-bond acceptors (Lipinski definition) is 8. The molecule has 9 fully saturated rings. The quantitative estimate of drug-likeness (QED) is 0.278. The van der Waals surface area contributed by atoms with Gasteiger partial charge in [0.25, 0.3) is 0 Å². The molecule has 9 heteroatoms. The Balaban J connectivity index is 0.829. The summed E-state index contributed by atoms with van der Waals surface area (Å²) in [5, 5.41) is 37.5. The van der Waals surface area contributed by atoms with E-state index in [4.69, 9.17) is 9.47 Å². The summed E-state index contributed by atoms with van der Waals surface area (Å²) in [6.45, 7) is 7.48. The monoisotopic (exact) mass is 741 g/mol. The van der Waals surface area contributed by atoms with Gasteiger partial charge < -0.3 is 29.7 Å². The van der Waals surface area contributed by atoms with Crippen LogP contribution in [-0.2, 0) is 24.5 Å². The van der Waals surface area contributed by atoms with Gasteiger partial charge in [-0.3, -0.25) is 4.48 Å². The summed E-state index contributed by atoms with van der Waals surface area (Å²) in [4.78, 5) is 28.8. The average Bonchev–Trinajstić information content (AvgIpc) is 3.83. The van der Waals surface area contributed by atoms with Crippen LogP contribution in [0, 0.1) is 52.3 Å². The Bertz CT molecular complexity index is 1830. The highest BCUT2D eigenvalue weighted by atomic mass is 16.5. The van der Waals surface area contributed by atoms with Crippen molar-refractivity contribution < 1.29 is 38.9 Å². The lowest BCUT2D eigenvalue weighted by atomic mass is 9.43. The van der Waals surface area contributed by atoms with Gasteiger partial charge in [0.05, 0.1) is 29.2 Å². The fourth-order valence-electron chi connectivity index (χ4n) is 17.6. The van der Waals surface area contributed by atoms with Gasteiger partial charge in [-0.1, -0.05) is 39.0 Å². The number of hydrogen-bond donors (Lipinski definition) is 3. The van der Waals surface area contributed by atoms with Crippen LogP contribution in [0.1, 0.15) is 103 Å². The van der Waals surface area contributed by atoms with Gasteiger partial charge >= 0.3 is 11.9 Å². The van der Waals surface area contributed by atoms with E-state index in [2.05, 4.69) is 57.0 Å². The zero-order chi connectivity index (χ0) is 37.3. The number of quaternary nitrogens is 1. The predicted octanol–water partition coefficient (Wildman–Crippen LogP) is 5.24. The molecular weight excluding hydrogens is 681 g/mol. The van der Waals surface area contributed by atoms with E-state index in [0.717, 1.165) is 82.6 Å². The van der Waals surface area contributed by atoms with Gasteiger partial charge in [-0.15, -0.1) is 0 Å². The van der Waals surface area contributed by atoms with Crippen LogP contribution < -0.4 is 4.90 Å². The number of rotatable bonds is 5. The number of esters is 2. The number of aliphatic hydroxyl groups is 3. The Morgan fingerprint density at radius 1 is 1.02 bits per heavy atom. The minimum Gasteiger partial charge on any atom is -0.458 e. The Morgan fingerprint density at radius 2 is 1.83 bits per heavy atom. The van der Waals surface area contributed by atoms with Gasteiger partial charge in [-0.2, -0.15) is 0 Å². The molecule has 0 unspecified atom stereocenters. The average molecular weight is 742 g/mol. The van der Waals surface area contributed by atoms with Gasteiger partial charge in [0.15, 0.2) is 12.8 Å². The number of anilines is 1. The summed E-state index contributed by atoms with van der Waals surface area (Å²) in [7, 11) is 2.17. The van der Waals surface area contributed by atoms with E-state index < -0.39 is 17.9 Å². The first-order valence-electron chi connectivity index (χ1n) is 21.7. The fraction of sp³-hybridized carbons (Fsp3) is 0.778. The molecule has 3 N–H and O–H groups in total. The smallest absolute Gasteiger partial charge is 0.362 e. The molecule has 4 saturated heterocycles. The Hall–Kier alpha value is -2.46. The number of fused-ring (bicyclic) bond motifs is 7. The molecule has 0 amide bonds. The second-order valence-corrected chi connectivity index (χ2v) is 20.7. The van der Waals surface area contributed by atoms with Gasteiger partial charge in [0.2, 0.25) is 0 Å². The first-order chi connectivity index (χ1) is 25.8. The minimum atomic E-state index is -0.739. The third kappa shape index (κ3) is 3.88. The van der Waals surface area contributed by atoms with Crippen LogP contribution in [0.5, 0.6) is 0 Å². The van der Waals surface area contributed by atoms with Gasteiger partial charge in [0.1, 0.15) is 18.8 Å². The highest BCUT2D eigenvalue weighted by Gasteiger charge is 2.83. The zero-order valence-corrected chi connectivity index (χ0v) is 32.7. The molecule has 6 heterocycles. The third-order valence-electron chi connectivity index (χ3n) is 19.8. The van der Waals surface area contributed by atoms with Crippen molar-refractivity contribution in [3.8, 4) is 0 Å². The van der Waals surface area contributed by atoms with Crippen molar-refractivity contribution in [2.24, 2.45) is 52.3 Å². The number of para-hydroxylation sites is 1. The van der Waals surface area contributed by atoms with E-state index in [-0.39, 0.29) is 88.5 Å². The lowest BCUT2D eigenvalue weighted by Gasteiger charge is -2.67. The minimum absolute atomic E-state index is 0.0370. The molecule has 9 nitrogen and oxygen atoms in total. The summed E-state index contributed by atoms with van der Waals surface area (Å²) in [6, 6.07) is 8.74. The van der Waals surface area contributed by atoms with E-state index in [0.29, 0.717) is 22.9 Å². The van der Waals surface area contributed by atoms with Gasteiger partial charge in [-0.05, 0) is 116 Å². The molecule has 18 atom stereocenters. The highest BCUT2D eigenvalue weighted by Crippen LogP contribution is 2.73. The summed E-state index contributed by atoms with van der Waals surface area (Å²) in [5.74, 6) is 1.32. The molecule has 6 aliphatic heterocycles. The summed E-state index contributed by atoms with van der Waals surface area (Å²) < 4.78 is 12.3. The highest BCUT2D eigenvalue weighted by molar-refractivity contribution is 5.85. The number of nitrogens with zero attached hydrogens (tertiary/aromatic N) is 2. The normalized spacial score (nSPS) is 54.4. The van der Waals surface area contributed by atoms with Crippen LogP contribution >= 0.6 is 0 Å². The van der Waals surface area contributed by atoms with Crippen LogP contribution in [0.25, 0.3) is 0 Å². The van der Waals surface area contributed by atoms with Crippen LogP contribution in [0.3, 0.4) is 0 Å². The van der Waals surface area contributed by atoms with Gasteiger partial charge in [0, 0.05) is 48.9 Å². The largest absolute Gasteiger partial charge is 0.458 e. The molecule has 12 rings (SSSR count). The number of carbonyl (C=O) groups excluding carboxylic acids is 2. The first kappa shape index (κ1) is 34.8. The molecule has 54 heavy (non-hydrogen) atoms. The van der Waals surface area contributed by atoms with E-state index in [1.54, 1.807) is 6.08 Å². The van der Waals surface area contributed by atoms with E-state index in [9.17, 15) is 24.9 Å². The van der Waals surface area contributed by atoms with Crippen LogP contribution in [0.4, 0.5) is 5.69 Å². The Labute approximate surface area is 320 Å². The number of carbonyl (C=O) groups is 2. The molecule has 1 spiro atoms. The summed E-state index contributed by atoms with van der Waals surface area (Å²) in [5.41, 5.74) is 2.28. The lowest BCUT2D eigenvalue weighted by molar-refractivity contribution is -1.03. The van der Waals surface area contributed by atoms with Crippen molar-refractivity contribution >= 4 is 17.6 Å². The van der Waals surface area contributed by atoms with E-state index in [1.165, 1.54) is 11.3 Å². The van der Waals surface area contributed by atoms with Crippen molar-refractivity contribution in [3.63, 3.8) is 0 Å². The third-order valence-corrected chi connectivity index (χ3v) is 19.8. The zero-order valence-electron chi connectivity index (χ0n) is 32.7. The maximum Gasteiger partial charge on any atom is 0.362 e. The fourth-order valence-corrected chi connectivity index (χ4v) is 17.6. The second-order valence-electron chi connectivity index (χ2n) is 20.7. The maximum atomic E-state index is 14.5. The molecule has 0 aromatic heterocycles. The maximum absolute atomic E-state index is 14.5. The number of aliphatic hydroxyl groups excluding tert-OH is 2. The van der Waals surface area contributed by atoms with Crippen molar-refractivity contribution in [1.82, 2.24) is 0 Å². The molecule has 5 aliphatic carbocycles. The van der Waals surface area contributed by atoms with E-state index >= 15 is 0 Å². The first-order valence-corrected chi connectivity index (χ1v) is 21.7. The number of benzene rings is 1. The molecular formula is C45H61N2O7+. The molecule has 5 bridgehead atoms. The summed E-state index contributed by atoms with van der Waals surface area (Å²) >= 11 is 0. The number of likely N-dealkylation sites (N-methyl/N-ethyl adjacent to an activating group) is 1. The van der Waals surface area contributed by atoms with Crippen molar-refractivity contribution in [2.45, 2.75) is 145 Å². The molecule has 1 aromatic carbocycles.